The van der Waals surface area contributed by atoms with Crippen LogP contribution in [-0.2, 0) is 0 Å². The quantitative estimate of drug-likeness (QED) is 0.705. The first-order valence-electron chi connectivity index (χ1n) is 5.32. The molecule has 0 amide bonds. The summed E-state index contributed by atoms with van der Waals surface area (Å²) in [6, 6.07) is 1.61. The molecule has 1 aromatic heterocycles. The number of aliphatic hydroxyl groups excluding tert-OH is 1. The van der Waals surface area contributed by atoms with Crippen molar-refractivity contribution >= 4 is 11.6 Å². The lowest BCUT2D eigenvalue weighted by atomic mass is 10.3. The van der Waals surface area contributed by atoms with Crippen LogP contribution in [-0.4, -0.2) is 40.7 Å². The van der Waals surface area contributed by atoms with Crippen LogP contribution >= 0.6 is 0 Å². The van der Waals surface area contributed by atoms with Crippen LogP contribution < -0.4 is 10.6 Å². The number of halogens is 2. The molecule has 0 spiro atoms. The minimum Gasteiger partial charge on any atom is -0.385 e. The maximum atomic E-state index is 12.1. The van der Waals surface area contributed by atoms with Crippen LogP contribution in [0, 0.1) is 6.92 Å². The molecule has 0 aliphatic rings. The molecule has 0 saturated carbocycles. The topological polar surface area (TPSA) is 70.1 Å². The maximum absolute atomic E-state index is 12.1. The van der Waals surface area contributed by atoms with Crippen LogP contribution in [0.2, 0.25) is 0 Å². The van der Waals surface area contributed by atoms with Crippen LogP contribution in [0.1, 0.15) is 12.7 Å². The Morgan fingerprint density at radius 3 is 2.41 bits per heavy atom. The van der Waals surface area contributed by atoms with Crippen molar-refractivity contribution < 1.29 is 13.9 Å². The Balaban J connectivity index is 2.64. The summed E-state index contributed by atoms with van der Waals surface area (Å²) in [5.74, 6) is 1.56. The Kier molecular flexibility index (Phi) is 5.02. The van der Waals surface area contributed by atoms with Gasteiger partial charge in [0.05, 0.1) is 0 Å². The zero-order valence-corrected chi connectivity index (χ0v) is 9.74. The molecule has 1 unspecified atom stereocenters. The van der Waals surface area contributed by atoms with Gasteiger partial charge in [-0.15, -0.1) is 0 Å². The molecule has 1 rings (SSSR count). The Bertz CT molecular complexity index is 362. The molecular formula is C10H16F2N4O. The van der Waals surface area contributed by atoms with E-state index in [1.54, 1.807) is 13.0 Å². The molecule has 0 bridgehead atoms. The number of hydrogen-bond donors (Lipinski definition) is 3. The molecule has 0 aromatic carbocycles. The number of nitrogens with zero attached hydrogens (tertiary/aromatic N) is 2. The van der Waals surface area contributed by atoms with Crippen molar-refractivity contribution in [2.75, 3.05) is 23.7 Å². The third kappa shape index (κ3) is 4.48. The zero-order chi connectivity index (χ0) is 12.8. The highest BCUT2D eigenvalue weighted by molar-refractivity contribution is 5.47. The summed E-state index contributed by atoms with van der Waals surface area (Å²) in [6.07, 6.45) is -4.47. The Morgan fingerprint density at radius 1 is 1.29 bits per heavy atom. The first-order chi connectivity index (χ1) is 8.02. The Morgan fingerprint density at radius 2 is 1.88 bits per heavy atom. The highest BCUT2D eigenvalue weighted by Gasteiger charge is 2.16. The third-order valence-electron chi connectivity index (χ3n) is 1.98. The number of alkyl halides is 2. The summed E-state index contributed by atoms with van der Waals surface area (Å²) in [7, 11) is 0. The van der Waals surface area contributed by atoms with E-state index in [1.807, 2.05) is 6.92 Å². The molecule has 0 saturated heterocycles. The van der Waals surface area contributed by atoms with E-state index in [0.717, 1.165) is 0 Å². The monoisotopic (exact) mass is 246 g/mol. The van der Waals surface area contributed by atoms with Crippen LogP contribution in [0.3, 0.4) is 0 Å². The number of aryl methyl sites for hydroxylation is 1. The lowest BCUT2D eigenvalue weighted by molar-refractivity contribution is 0.00380. The van der Waals surface area contributed by atoms with Crippen molar-refractivity contribution in [2.24, 2.45) is 0 Å². The molecule has 0 fully saturated rings. The second-order valence-electron chi connectivity index (χ2n) is 3.50. The maximum Gasteiger partial charge on any atom is 0.265 e. The van der Waals surface area contributed by atoms with Crippen LogP contribution in [0.15, 0.2) is 6.07 Å². The van der Waals surface area contributed by atoms with Crippen molar-refractivity contribution in [2.45, 2.75) is 26.4 Å². The SMILES string of the molecule is CCNc1cc(NCC(O)C(F)F)nc(C)n1. The number of hydrogen-bond acceptors (Lipinski definition) is 5. The summed E-state index contributed by atoms with van der Waals surface area (Å²) >= 11 is 0. The highest BCUT2D eigenvalue weighted by atomic mass is 19.3. The smallest absolute Gasteiger partial charge is 0.265 e. The van der Waals surface area contributed by atoms with Gasteiger partial charge in [-0.3, -0.25) is 0 Å². The minimum absolute atomic E-state index is 0.250. The zero-order valence-electron chi connectivity index (χ0n) is 9.74. The molecule has 1 atom stereocenters. The number of aromatic nitrogens is 2. The number of anilines is 2. The molecule has 1 aromatic rings. The molecule has 96 valence electrons. The summed E-state index contributed by atoms with van der Waals surface area (Å²) in [4.78, 5) is 8.14. The first kappa shape index (κ1) is 13.6. The lowest BCUT2D eigenvalue weighted by Gasteiger charge is -2.12. The summed E-state index contributed by atoms with van der Waals surface area (Å²) < 4.78 is 24.2. The standard InChI is InChI=1S/C10H16F2N4O/c1-3-13-8-4-9(16-6(2)15-8)14-5-7(17)10(11)12/h4,7,10,17H,3,5H2,1-2H3,(H2,13,14,15,16). The van der Waals surface area contributed by atoms with Gasteiger partial charge in [0.2, 0.25) is 0 Å². The van der Waals surface area contributed by atoms with Crippen molar-refractivity contribution in [3.63, 3.8) is 0 Å². The molecule has 0 aliphatic heterocycles. The number of rotatable bonds is 6. The van der Waals surface area contributed by atoms with Gasteiger partial charge < -0.3 is 15.7 Å². The molecular weight excluding hydrogens is 230 g/mol. The molecule has 0 aliphatic carbocycles. The van der Waals surface area contributed by atoms with Crippen molar-refractivity contribution in [1.29, 1.82) is 0 Å². The predicted molar refractivity (Wildman–Crippen MR) is 61.4 cm³/mol. The molecule has 17 heavy (non-hydrogen) atoms. The van der Waals surface area contributed by atoms with E-state index in [2.05, 4.69) is 20.6 Å². The van der Waals surface area contributed by atoms with E-state index < -0.39 is 12.5 Å². The van der Waals surface area contributed by atoms with Crippen molar-refractivity contribution in [3.8, 4) is 0 Å². The Labute approximate surface area is 98.3 Å². The fourth-order valence-corrected chi connectivity index (χ4v) is 1.23. The second-order valence-corrected chi connectivity index (χ2v) is 3.50. The van der Waals surface area contributed by atoms with Crippen LogP contribution in [0.25, 0.3) is 0 Å². The fraction of sp³-hybridized carbons (Fsp3) is 0.600. The molecule has 1 heterocycles. The van der Waals surface area contributed by atoms with Gasteiger partial charge in [0.25, 0.3) is 6.43 Å². The van der Waals surface area contributed by atoms with Crippen LogP contribution in [0.4, 0.5) is 20.4 Å². The van der Waals surface area contributed by atoms with E-state index in [9.17, 15) is 8.78 Å². The van der Waals surface area contributed by atoms with Gasteiger partial charge in [-0.1, -0.05) is 0 Å². The highest BCUT2D eigenvalue weighted by Crippen LogP contribution is 2.11. The van der Waals surface area contributed by atoms with Gasteiger partial charge in [-0.05, 0) is 13.8 Å². The number of nitrogens with one attached hydrogen (secondary N) is 2. The van der Waals surface area contributed by atoms with E-state index in [4.69, 9.17) is 5.11 Å². The van der Waals surface area contributed by atoms with Gasteiger partial charge in [-0.25, -0.2) is 18.7 Å². The summed E-state index contributed by atoms with van der Waals surface area (Å²) in [6.45, 7) is 4.08. The average molecular weight is 246 g/mol. The van der Waals surface area contributed by atoms with E-state index in [0.29, 0.717) is 24.0 Å². The molecule has 5 nitrogen and oxygen atoms in total. The van der Waals surface area contributed by atoms with E-state index in [-0.39, 0.29) is 6.54 Å². The van der Waals surface area contributed by atoms with Crippen LogP contribution in [0.5, 0.6) is 0 Å². The van der Waals surface area contributed by atoms with E-state index in [1.165, 1.54) is 0 Å². The molecule has 0 radical (unpaired) electrons. The lowest BCUT2D eigenvalue weighted by Crippen LogP contribution is -2.27. The van der Waals surface area contributed by atoms with E-state index >= 15 is 0 Å². The van der Waals surface area contributed by atoms with Crippen molar-refractivity contribution in [3.05, 3.63) is 11.9 Å². The van der Waals surface area contributed by atoms with Gasteiger partial charge in [0.15, 0.2) is 0 Å². The average Bonchev–Trinajstić information content (AvgIpc) is 2.25. The largest absolute Gasteiger partial charge is 0.385 e. The molecule has 3 N–H and O–H groups in total. The first-order valence-corrected chi connectivity index (χ1v) is 5.32. The number of aliphatic hydroxyl groups is 1. The summed E-state index contributed by atoms with van der Waals surface area (Å²) in [5.41, 5.74) is 0. The van der Waals surface area contributed by atoms with Gasteiger partial charge in [0, 0.05) is 19.2 Å². The van der Waals surface area contributed by atoms with Crippen molar-refractivity contribution in [1.82, 2.24) is 9.97 Å². The second kappa shape index (κ2) is 6.29. The third-order valence-corrected chi connectivity index (χ3v) is 1.98. The normalized spacial score (nSPS) is 12.6. The molecule has 7 heteroatoms. The summed E-state index contributed by atoms with van der Waals surface area (Å²) in [5, 5.41) is 14.6. The predicted octanol–water partition coefficient (Wildman–Crippen LogP) is 1.25. The van der Waals surface area contributed by atoms with Gasteiger partial charge >= 0.3 is 0 Å². The Hall–Kier alpha value is -1.50. The van der Waals surface area contributed by atoms with Gasteiger partial charge in [0.1, 0.15) is 23.6 Å². The minimum atomic E-state index is -2.77. The fourth-order valence-electron chi connectivity index (χ4n) is 1.23. The van der Waals surface area contributed by atoms with Gasteiger partial charge in [-0.2, -0.15) is 0 Å².